The van der Waals surface area contributed by atoms with E-state index in [4.69, 9.17) is 9.84 Å². The normalized spacial score (nSPS) is 12.1. The largest absolute Gasteiger partial charge is 0.479 e. The van der Waals surface area contributed by atoms with Crippen LogP contribution in [0.5, 0.6) is 5.88 Å². The van der Waals surface area contributed by atoms with E-state index in [-0.39, 0.29) is 0 Å². The first-order chi connectivity index (χ1) is 13.6. The molecule has 5 heteroatoms. The van der Waals surface area contributed by atoms with Gasteiger partial charge in [0.15, 0.2) is 6.10 Å². The lowest BCUT2D eigenvalue weighted by molar-refractivity contribution is -0.144. The molecule has 3 rings (SSSR count). The SMILES string of the molecule is CCCCCCc1ccc2nc(OC(C)C(=O)O)cc(-c3ccncc3)c2c1. The minimum absolute atomic E-state index is 0.310. The van der Waals surface area contributed by atoms with Gasteiger partial charge in [-0.15, -0.1) is 0 Å². The van der Waals surface area contributed by atoms with Gasteiger partial charge in [0.25, 0.3) is 0 Å². The van der Waals surface area contributed by atoms with E-state index < -0.39 is 12.1 Å². The molecule has 0 fully saturated rings. The van der Waals surface area contributed by atoms with Crippen molar-refractivity contribution in [1.29, 1.82) is 0 Å². The molecule has 0 aliphatic heterocycles. The summed E-state index contributed by atoms with van der Waals surface area (Å²) < 4.78 is 5.54. The van der Waals surface area contributed by atoms with Crippen molar-refractivity contribution in [2.45, 2.75) is 52.1 Å². The number of aromatic nitrogens is 2. The molecule has 1 aromatic carbocycles. The van der Waals surface area contributed by atoms with Crippen LogP contribution in [0.1, 0.15) is 45.1 Å². The molecule has 28 heavy (non-hydrogen) atoms. The highest BCUT2D eigenvalue weighted by atomic mass is 16.5. The van der Waals surface area contributed by atoms with Gasteiger partial charge >= 0.3 is 5.97 Å². The zero-order valence-corrected chi connectivity index (χ0v) is 16.4. The lowest BCUT2D eigenvalue weighted by Gasteiger charge is -2.14. The molecule has 0 aliphatic carbocycles. The first-order valence-corrected chi connectivity index (χ1v) is 9.82. The first kappa shape index (κ1) is 19.8. The summed E-state index contributed by atoms with van der Waals surface area (Å²) in [5.74, 6) is -0.709. The van der Waals surface area contributed by atoms with Crippen LogP contribution in [0.25, 0.3) is 22.0 Å². The molecule has 1 unspecified atom stereocenters. The number of fused-ring (bicyclic) bond motifs is 1. The molecule has 0 radical (unpaired) electrons. The Balaban J connectivity index is 2.00. The number of ether oxygens (including phenoxy) is 1. The van der Waals surface area contributed by atoms with Crippen molar-refractivity contribution in [2.75, 3.05) is 0 Å². The van der Waals surface area contributed by atoms with Gasteiger partial charge in [0, 0.05) is 23.8 Å². The number of hydrogen-bond acceptors (Lipinski definition) is 4. The Morgan fingerprint density at radius 2 is 1.89 bits per heavy atom. The van der Waals surface area contributed by atoms with Crippen molar-refractivity contribution < 1.29 is 14.6 Å². The van der Waals surface area contributed by atoms with Crippen LogP contribution in [0.4, 0.5) is 0 Å². The highest BCUT2D eigenvalue weighted by Gasteiger charge is 2.16. The van der Waals surface area contributed by atoms with E-state index in [9.17, 15) is 4.79 Å². The van der Waals surface area contributed by atoms with Gasteiger partial charge in [-0.3, -0.25) is 4.98 Å². The number of carbonyl (C=O) groups is 1. The summed E-state index contributed by atoms with van der Waals surface area (Å²) in [7, 11) is 0. The average molecular weight is 378 g/mol. The Hall–Kier alpha value is -2.95. The summed E-state index contributed by atoms with van der Waals surface area (Å²) in [5, 5.41) is 10.2. The zero-order valence-electron chi connectivity index (χ0n) is 16.4. The number of carboxylic acid groups (broad SMARTS) is 1. The van der Waals surface area contributed by atoms with Gasteiger partial charge in [-0.2, -0.15) is 0 Å². The number of hydrogen-bond donors (Lipinski definition) is 1. The summed E-state index contributed by atoms with van der Waals surface area (Å²) in [5.41, 5.74) is 4.04. The quantitative estimate of drug-likeness (QED) is 0.513. The van der Waals surface area contributed by atoms with Crippen LogP contribution in [0.2, 0.25) is 0 Å². The third-order valence-electron chi connectivity index (χ3n) is 4.81. The van der Waals surface area contributed by atoms with Crippen molar-refractivity contribution in [3.05, 3.63) is 54.4 Å². The maximum Gasteiger partial charge on any atom is 0.344 e. The lowest BCUT2D eigenvalue weighted by Crippen LogP contribution is -2.23. The molecule has 0 spiro atoms. The molecule has 0 amide bonds. The van der Waals surface area contributed by atoms with Crippen LogP contribution in [0.3, 0.4) is 0 Å². The fourth-order valence-corrected chi connectivity index (χ4v) is 3.22. The van der Waals surface area contributed by atoms with E-state index in [2.05, 4.69) is 29.0 Å². The lowest BCUT2D eigenvalue weighted by atomic mass is 9.98. The van der Waals surface area contributed by atoms with Gasteiger partial charge in [-0.05, 0) is 60.7 Å². The molecule has 0 bridgehead atoms. The molecule has 1 atom stereocenters. The van der Waals surface area contributed by atoms with E-state index in [1.165, 1.54) is 38.2 Å². The number of aliphatic carboxylic acids is 1. The van der Waals surface area contributed by atoms with Gasteiger partial charge < -0.3 is 9.84 Å². The second-order valence-electron chi connectivity index (χ2n) is 7.00. The summed E-state index contributed by atoms with van der Waals surface area (Å²) >= 11 is 0. The second-order valence-corrected chi connectivity index (χ2v) is 7.00. The third-order valence-corrected chi connectivity index (χ3v) is 4.81. The Kier molecular flexibility index (Phi) is 6.58. The minimum Gasteiger partial charge on any atom is -0.479 e. The summed E-state index contributed by atoms with van der Waals surface area (Å²) in [6.45, 7) is 3.72. The fraction of sp³-hybridized carbons (Fsp3) is 0.348. The molecule has 5 nitrogen and oxygen atoms in total. The van der Waals surface area contributed by atoms with Crippen LogP contribution in [0, 0.1) is 0 Å². The number of benzene rings is 1. The predicted octanol–water partition coefficient (Wildman–Crippen LogP) is 5.27. The van der Waals surface area contributed by atoms with E-state index >= 15 is 0 Å². The Morgan fingerprint density at radius 1 is 1.11 bits per heavy atom. The summed E-state index contributed by atoms with van der Waals surface area (Å²) in [4.78, 5) is 19.8. The van der Waals surface area contributed by atoms with E-state index in [0.717, 1.165) is 28.5 Å². The van der Waals surface area contributed by atoms with Crippen molar-refractivity contribution in [2.24, 2.45) is 0 Å². The number of aryl methyl sites for hydroxylation is 1. The number of unbranched alkanes of at least 4 members (excludes halogenated alkanes) is 3. The van der Waals surface area contributed by atoms with E-state index in [0.29, 0.717) is 5.88 Å². The average Bonchev–Trinajstić information content (AvgIpc) is 2.71. The fourth-order valence-electron chi connectivity index (χ4n) is 3.22. The molecule has 1 N–H and O–H groups in total. The smallest absolute Gasteiger partial charge is 0.344 e. The van der Waals surface area contributed by atoms with Gasteiger partial charge in [-0.1, -0.05) is 32.3 Å². The third kappa shape index (κ3) is 4.85. The van der Waals surface area contributed by atoms with Crippen molar-refractivity contribution >= 4 is 16.9 Å². The highest BCUT2D eigenvalue weighted by Crippen LogP contribution is 2.32. The van der Waals surface area contributed by atoms with Gasteiger partial charge in [0.1, 0.15) is 0 Å². The molecule has 2 heterocycles. The monoisotopic (exact) mass is 378 g/mol. The molecule has 3 aromatic rings. The maximum absolute atomic E-state index is 11.2. The topological polar surface area (TPSA) is 72.3 Å². The number of rotatable bonds is 9. The van der Waals surface area contributed by atoms with Crippen LogP contribution in [-0.2, 0) is 11.2 Å². The van der Waals surface area contributed by atoms with Crippen LogP contribution in [-0.4, -0.2) is 27.1 Å². The second kappa shape index (κ2) is 9.31. The van der Waals surface area contributed by atoms with Gasteiger partial charge in [0.05, 0.1) is 5.52 Å². The minimum atomic E-state index is -1.02. The maximum atomic E-state index is 11.2. The molecular formula is C23H26N2O3. The first-order valence-electron chi connectivity index (χ1n) is 9.82. The van der Waals surface area contributed by atoms with Gasteiger partial charge in [-0.25, -0.2) is 9.78 Å². The number of pyridine rings is 2. The van der Waals surface area contributed by atoms with E-state index in [1.807, 2.05) is 24.3 Å². The molecule has 2 aromatic heterocycles. The molecule has 0 saturated heterocycles. The predicted molar refractivity (Wildman–Crippen MR) is 111 cm³/mol. The molecule has 0 saturated carbocycles. The summed E-state index contributed by atoms with van der Waals surface area (Å²) in [6.07, 6.45) is 8.48. The number of carboxylic acids is 1. The van der Waals surface area contributed by atoms with Crippen molar-refractivity contribution in [3.8, 4) is 17.0 Å². The molecule has 146 valence electrons. The Morgan fingerprint density at radius 3 is 2.61 bits per heavy atom. The zero-order chi connectivity index (χ0) is 19.9. The molecular weight excluding hydrogens is 352 g/mol. The summed E-state index contributed by atoms with van der Waals surface area (Å²) in [6, 6.07) is 12.0. The van der Waals surface area contributed by atoms with Crippen LogP contribution < -0.4 is 4.74 Å². The van der Waals surface area contributed by atoms with Crippen LogP contribution >= 0.6 is 0 Å². The Bertz CT molecular complexity index is 941. The Labute approximate surface area is 165 Å². The standard InChI is InChI=1S/C23H26N2O3/c1-3-4-5-6-7-17-8-9-21-20(14-17)19(18-10-12-24-13-11-18)15-22(25-21)28-16(2)23(26)27/h8-16H,3-7H2,1-2H3,(H,26,27). The van der Waals surface area contributed by atoms with Crippen LogP contribution in [0.15, 0.2) is 48.8 Å². The highest BCUT2D eigenvalue weighted by molar-refractivity contribution is 5.95. The van der Waals surface area contributed by atoms with E-state index in [1.54, 1.807) is 12.4 Å². The van der Waals surface area contributed by atoms with Crippen molar-refractivity contribution in [3.63, 3.8) is 0 Å². The van der Waals surface area contributed by atoms with Gasteiger partial charge in [0.2, 0.25) is 5.88 Å². The number of nitrogens with zero attached hydrogens (tertiary/aromatic N) is 2. The van der Waals surface area contributed by atoms with Crippen molar-refractivity contribution in [1.82, 2.24) is 9.97 Å². The molecule has 0 aliphatic rings.